The number of halogens is 2. The fourth-order valence-corrected chi connectivity index (χ4v) is 3.63. The summed E-state index contributed by atoms with van der Waals surface area (Å²) in [5.74, 6) is 0. The van der Waals surface area contributed by atoms with Crippen LogP contribution in [-0.4, -0.2) is 58.5 Å². The minimum absolute atomic E-state index is 0.277. The number of carbonyl (C=O) groups is 1. The van der Waals surface area contributed by atoms with Crippen LogP contribution in [0, 0.1) is 0 Å². The lowest BCUT2D eigenvalue weighted by molar-refractivity contribution is 0.0566. The van der Waals surface area contributed by atoms with Crippen LogP contribution >= 0.6 is 0 Å². The second-order valence-corrected chi connectivity index (χ2v) is 6.70. The third-order valence-electron chi connectivity index (χ3n) is 5.04. The van der Waals surface area contributed by atoms with Crippen molar-refractivity contribution in [2.24, 2.45) is 0 Å². The number of alkyl halides is 2. The monoisotopic (exact) mass is 389 g/mol. The predicted octanol–water partition coefficient (Wildman–Crippen LogP) is 3.05. The number of piperazine rings is 1. The Morgan fingerprint density at radius 1 is 1.29 bits per heavy atom. The minimum atomic E-state index is -2.65. The largest absolute Gasteiger partial charge is 0.450 e. The number of pyridine rings is 1. The van der Waals surface area contributed by atoms with E-state index in [1.165, 1.54) is 12.4 Å². The van der Waals surface area contributed by atoms with E-state index in [2.05, 4.69) is 15.0 Å². The quantitative estimate of drug-likeness (QED) is 0.804. The van der Waals surface area contributed by atoms with Crippen molar-refractivity contribution in [1.29, 1.82) is 0 Å². The van der Waals surface area contributed by atoms with E-state index in [0.29, 0.717) is 49.5 Å². The van der Waals surface area contributed by atoms with Crippen LogP contribution in [0.15, 0.2) is 24.7 Å². The molecule has 1 fully saturated rings. The van der Waals surface area contributed by atoms with Gasteiger partial charge in [-0.1, -0.05) is 0 Å². The number of fused-ring (bicyclic) bond motifs is 1. The fourth-order valence-electron chi connectivity index (χ4n) is 3.63. The van der Waals surface area contributed by atoms with Crippen molar-refractivity contribution < 1.29 is 18.3 Å². The van der Waals surface area contributed by atoms with Crippen molar-refractivity contribution in [3.63, 3.8) is 0 Å². The van der Waals surface area contributed by atoms with Crippen LogP contribution in [0.2, 0.25) is 0 Å². The smallest absolute Gasteiger partial charge is 0.409 e. The topological polar surface area (TPSA) is 63.5 Å². The molecule has 0 bridgehead atoms. The summed E-state index contributed by atoms with van der Waals surface area (Å²) < 4.78 is 31.3. The lowest BCUT2D eigenvalue weighted by Gasteiger charge is -2.36. The molecule has 3 heterocycles. The SMILES string of the molecule is CCOC(=O)N1CCN(c2ccnc3c2C=C(c2cnn(C(F)F)c2)C3)CC1. The number of hydrogen-bond acceptors (Lipinski definition) is 5. The van der Waals surface area contributed by atoms with E-state index in [-0.39, 0.29) is 6.09 Å². The molecule has 1 saturated heterocycles. The van der Waals surface area contributed by atoms with Crippen LogP contribution in [-0.2, 0) is 11.2 Å². The molecule has 4 rings (SSSR count). The van der Waals surface area contributed by atoms with Crippen molar-refractivity contribution in [2.45, 2.75) is 19.9 Å². The van der Waals surface area contributed by atoms with Gasteiger partial charge in [-0.3, -0.25) is 4.98 Å². The van der Waals surface area contributed by atoms with Crippen LogP contribution in [0.25, 0.3) is 11.6 Å². The van der Waals surface area contributed by atoms with Crippen LogP contribution in [0.1, 0.15) is 30.3 Å². The molecule has 2 aliphatic rings. The average Bonchev–Trinajstić information content (AvgIpc) is 3.35. The summed E-state index contributed by atoms with van der Waals surface area (Å²) in [6.07, 6.45) is 6.90. The number of nitrogens with zero attached hydrogens (tertiary/aromatic N) is 5. The Morgan fingerprint density at radius 2 is 2.07 bits per heavy atom. The molecule has 2 aromatic rings. The van der Waals surface area contributed by atoms with Gasteiger partial charge in [0.05, 0.1) is 18.5 Å². The Labute approximate surface area is 161 Å². The third kappa shape index (κ3) is 3.44. The first-order valence-electron chi connectivity index (χ1n) is 9.24. The Bertz CT molecular complexity index is 903. The molecule has 0 spiro atoms. The standard InChI is InChI=1S/C19H21F2N5O2/c1-2-28-19(27)25-7-5-24(6-8-25)17-3-4-22-16-10-13(9-15(16)17)14-11-23-26(12-14)18(20)21/h3-4,9,11-12,18H,2,5-8,10H2,1H3. The first-order chi connectivity index (χ1) is 13.6. The number of anilines is 1. The second kappa shape index (κ2) is 7.57. The van der Waals surface area contributed by atoms with E-state index >= 15 is 0 Å². The highest BCUT2D eigenvalue weighted by Gasteiger charge is 2.26. The molecule has 1 amide bonds. The maximum Gasteiger partial charge on any atom is 0.409 e. The summed E-state index contributed by atoms with van der Waals surface area (Å²) in [6, 6.07) is 1.96. The zero-order chi connectivity index (χ0) is 19.7. The highest BCUT2D eigenvalue weighted by atomic mass is 19.3. The Morgan fingerprint density at radius 3 is 2.75 bits per heavy atom. The van der Waals surface area contributed by atoms with Gasteiger partial charge >= 0.3 is 12.6 Å². The van der Waals surface area contributed by atoms with E-state index in [9.17, 15) is 13.6 Å². The van der Waals surface area contributed by atoms with Crippen LogP contribution in [0.5, 0.6) is 0 Å². The number of rotatable bonds is 4. The maximum atomic E-state index is 12.8. The van der Waals surface area contributed by atoms with Crippen molar-refractivity contribution >= 4 is 23.4 Å². The highest BCUT2D eigenvalue weighted by molar-refractivity contribution is 5.91. The van der Waals surface area contributed by atoms with Gasteiger partial charge in [0.25, 0.3) is 0 Å². The number of allylic oxidation sites excluding steroid dienone is 1. The van der Waals surface area contributed by atoms with Gasteiger partial charge in [0.2, 0.25) is 0 Å². The number of carbonyl (C=O) groups excluding carboxylic acids is 1. The predicted molar refractivity (Wildman–Crippen MR) is 100 cm³/mol. The first kappa shape index (κ1) is 18.4. The molecule has 0 radical (unpaired) electrons. The van der Waals surface area contributed by atoms with Crippen molar-refractivity contribution in [3.05, 3.63) is 41.5 Å². The molecule has 148 valence electrons. The van der Waals surface area contributed by atoms with Gasteiger partial charge in [0.15, 0.2) is 0 Å². The van der Waals surface area contributed by atoms with Gasteiger partial charge < -0.3 is 14.5 Å². The summed E-state index contributed by atoms with van der Waals surface area (Å²) in [4.78, 5) is 20.3. The molecule has 1 aliphatic heterocycles. The highest BCUT2D eigenvalue weighted by Crippen LogP contribution is 2.36. The van der Waals surface area contributed by atoms with E-state index in [1.54, 1.807) is 18.0 Å². The number of hydrogen-bond donors (Lipinski definition) is 0. The van der Waals surface area contributed by atoms with E-state index in [1.807, 2.05) is 12.1 Å². The minimum Gasteiger partial charge on any atom is -0.450 e. The van der Waals surface area contributed by atoms with Gasteiger partial charge in [0, 0.05) is 61.8 Å². The molecular formula is C19H21F2N5O2. The van der Waals surface area contributed by atoms with Crippen LogP contribution < -0.4 is 4.90 Å². The van der Waals surface area contributed by atoms with E-state index in [0.717, 1.165) is 22.5 Å². The van der Waals surface area contributed by atoms with Gasteiger partial charge in [-0.2, -0.15) is 13.9 Å². The second-order valence-electron chi connectivity index (χ2n) is 6.70. The molecule has 9 heteroatoms. The summed E-state index contributed by atoms with van der Waals surface area (Å²) >= 11 is 0. The average molecular weight is 389 g/mol. The van der Waals surface area contributed by atoms with Crippen LogP contribution in [0.3, 0.4) is 0 Å². The molecule has 2 aromatic heterocycles. The Hall–Kier alpha value is -2.97. The van der Waals surface area contributed by atoms with Gasteiger partial charge in [-0.15, -0.1) is 0 Å². The third-order valence-corrected chi connectivity index (χ3v) is 5.04. The molecule has 0 saturated carbocycles. The molecule has 1 aliphatic carbocycles. The van der Waals surface area contributed by atoms with Crippen LogP contribution in [0.4, 0.5) is 19.3 Å². The van der Waals surface area contributed by atoms with Gasteiger partial charge in [-0.05, 0) is 24.6 Å². The zero-order valence-corrected chi connectivity index (χ0v) is 15.5. The molecule has 0 atom stereocenters. The summed E-state index contributed by atoms with van der Waals surface area (Å²) in [5.41, 5.74) is 4.57. The van der Waals surface area contributed by atoms with Gasteiger partial charge in [0.1, 0.15) is 0 Å². The lowest BCUT2D eigenvalue weighted by Crippen LogP contribution is -2.49. The molecule has 28 heavy (non-hydrogen) atoms. The Balaban J connectivity index is 1.52. The normalized spacial score (nSPS) is 16.4. The van der Waals surface area contributed by atoms with Crippen molar-refractivity contribution in [3.8, 4) is 0 Å². The first-order valence-corrected chi connectivity index (χ1v) is 9.24. The Kier molecular flexibility index (Phi) is 4.97. The van der Waals surface area contributed by atoms with Gasteiger partial charge in [-0.25, -0.2) is 9.48 Å². The molecule has 7 nitrogen and oxygen atoms in total. The summed E-state index contributed by atoms with van der Waals surface area (Å²) in [5, 5.41) is 3.72. The fraction of sp³-hybridized carbons (Fsp3) is 0.421. The van der Waals surface area contributed by atoms with Crippen molar-refractivity contribution in [1.82, 2.24) is 19.7 Å². The molecule has 0 N–H and O–H groups in total. The van der Waals surface area contributed by atoms with E-state index in [4.69, 9.17) is 4.74 Å². The number of ether oxygens (including phenoxy) is 1. The molecule has 0 unspecified atom stereocenters. The maximum absolute atomic E-state index is 12.8. The molecular weight excluding hydrogens is 368 g/mol. The van der Waals surface area contributed by atoms with E-state index < -0.39 is 6.55 Å². The zero-order valence-electron chi connectivity index (χ0n) is 15.5. The molecule has 0 aromatic carbocycles. The van der Waals surface area contributed by atoms with Crippen molar-refractivity contribution in [2.75, 3.05) is 37.7 Å². The summed E-state index contributed by atoms with van der Waals surface area (Å²) in [6.45, 7) is 2.09. The summed E-state index contributed by atoms with van der Waals surface area (Å²) in [7, 11) is 0. The number of amides is 1. The number of aromatic nitrogens is 3. The lowest BCUT2D eigenvalue weighted by atomic mass is 10.1.